The summed E-state index contributed by atoms with van der Waals surface area (Å²) in [6, 6.07) is 8.30. The first-order valence-corrected chi connectivity index (χ1v) is 5.97. The summed E-state index contributed by atoms with van der Waals surface area (Å²) >= 11 is 0. The van der Waals surface area contributed by atoms with Crippen LogP contribution in [-0.2, 0) is 11.2 Å². The maximum atomic E-state index is 11.5. The lowest BCUT2D eigenvalue weighted by Crippen LogP contribution is -2.30. The van der Waals surface area contributed by atoms with Gasteiger partial charge < -0.3 is 5.32 Å². The average Bonchev–Trinajstić information content (AvgIpc) is 2.30. The van der Waals surface area contributed by atoms with Crippen LogP contribution in [-0.4, -0.2) is 12.5 Å². The zero-order valence-corrected chi connectivity index (χ0v) is 10.4. The fraction of sp³-hybridized carbons (Fsp3) is 0.500. The number of hydrogen-bond donors (Lipinski definition) is 1. The van der Waals surface area contributed by atoms with Crippen LogP contribution in [0.15, 0.2) is 24.3 Å². The van der Waals surface area contributed by atoms with Gasteiger partial charge in [0.1, 0.15) is 0 Å². The molecule has 1 aromatic rings. The molecule has 0 heterocycles. The van der Waals surface area contributed by atoms with E-state index >= 15 is 0 Å². The maximum Gasteiger partial charge on any atom is 0.222 e. The SMILES string of the molecule is CC[C@@H](C)C(=O)NCCc1ccccc1C. The largest absolute Gasteiger partial charge is 0.356 e. The molecule has 0 aliphatic rings. The van der Waals surface area contributed by atoms with E-state index in [4.69, 9.17) is 0 Å². The zero-order valence-electron chi connectivity index (χ0n) is 10.4. The van der Waals surface area contributed by atoms with Crippen LogP contribution in [0.1, 0.15) is 31.4 Å². The predicted molar refractivity (Wildman–Crippen MR) is 67.3 cm³/mol. The number of aryl methyl sites for hydroxylation is 1. The van der Waals surface area contributed by atoms with Gasteiger partial charge in [-0.1, -0.05) is 38.1 Å². The van der Waals surface area contributed by atoms with Crippen LogP contribution >= 0.6 is 0 Å². The molecule has 1 amide bonds. The van der Waals surface area contributed by atoms with E-state index in [0.29, 0.717) is 0 Å². The van der Waals surface area contributed by atoms with Crippen LogP contribution in [0.5, 0.6) is 0 Å². The minimum Gasteiger partial charge on any atom is -0.356 e. The molecular weight excluding hydrogens is 198 g/mol. The molecule has 0 aliphatic heterocycles. The summed E-state index contributed by atoms with van der Waals surface area (Å²) < 4.78 is 0. The van der Waals surface area contributed by atoms with E-state index < -0.39 is 0 Å². The molecule has 0 saturated carbocycles. The van der Waals surface area contributed by atoms with Crippen LogP contribution < -0.4 is 5.32 Å². The van der Waals surface area contributed by atoms with Crippen molar-refractivity contribution in [2.75, 3.05) is 6.54 Å². The fourth-order valence-electron chi connectivity index (χ4n) is 1.57. The van der Waals surface area contributed by atoms with E-state index in [2.05, 4.69) is 24.4 Å². The number of amides is 1. The summed E-state index contributed by atoms with van der Waals surface area (Å²) in [5.74, 6) is 0.285. The van der Waals surface area contributed by atoms with Gasteiger partial charge in [-0.15, -0.1) is 0 Å². The summed E-state index contributed by atoms with van der Waals surface area (Å²) in [6.45, 7) is 6.83. The topological polar surface area (TPSA) is 29.1 Å². The van der Waals surface area contributed by atoms with E-state index in [0.717, 1.165) is 19.4 Å². The summed E-state index contributed by atoms with van der Waals surface area (Å²) in [6.07, 6.45) is 1.81. The molecule has 1 atom stereocenters. The van der Waals surface area contributed by atoms with Gasteiger partial charge >= 0.3 is 0 Å². The highest BCUT2D eigenvalue weighted by molar-refractivity contribution is 5.78. The quantitative estimate of drug-likeness (QED) is 0.810. The van der Waals surface area contributed by atoms with Crippen LogP contribution in [0.3, 0.4) is 0 Å². The van der Waals surface area contributed by atoms with Gasteiger partial charge in [0.15, 0.2) is 0 Å². The second-order valence-electron chi connectivity index (χ2n) is 4.28. The Balaban J connectivity index is 2.36. The van der Waals surface area contributed by atoms with Crippen LogP contribution in [0.2, 0.25) is 0 Å². The Morgan fingerprint density at radius 3 is 2.69 bits per heavy atom. The predicted octanol–water partition coefficient (Wildman–Crippen LogP) is 2.70. The lowest BCUT2D eigenvalue weighted by Gasteiger charge is -2.10. The Kier molecular flexibility index (Phi) is 5.03. The minimum atomic E-state index is 0.122. The van der Waals surface area contributed by atoms with Crippen molar-refractivity contribution < 1.29 is 4.79 Å². The zero-order chi connectivity index (χ0) is 12.0. The second-order valence-corrected chi connectivity index (χ2v) is 4.28. The molecule has 0 aromatic heterocycles. The molecular formula is C14H21NO. The van der Waals surface area contributed by atoms with Crippen molar-refractivity contribution in [3.8, 4) is 0 Å². The first-order valence-electron chi connectivity index (χ1n) is 5.97. The lowest BCUT2D eigenvalue weighted by molar-refractivity contribution is -0.124. The summed E-state index contributed by atoms with van der Waals surface area (Å²) in [7, 11) is 0. The van der Waals surface area contributed by atoms with Gasteiger partial charge in [0.25, 0.3) is 0 Å². The Labute approximate surface area is 98.1 Å². The highest BCUT2D eigenvalue weighted by atomic mass is 16.1. The van der Waals surface area contributed by atoms with Gasteiger partial charge in [0, 0.05) is 12.5 Å². The van der Waals surface area contributed by atoms with E-state index in [1.54, 1.807) is 0 Å². The monoisotopic (exact) mass is 219 g/mol. The van der Waals surface area contributed by atoms with Gasteiger partial charge in [0.05, 0.1) is 0 Å². The van der Waals surface area contributed by atoms with Crippen molar-refractivity contribution in [2.24, 2.45) is 5.92 Å². The normalized spacial score (nSPS) is 12.2. The van der Waals surface area contributed by atoms with E-state index in [1.807, 2.05) is 26.0 Å². The van der Waals surface area contributed by atoms with Crippen molar-refractivity contribution in [2.45, 2.75) is 33.6 Å². The molecule has 0 bridgehead atoms. The van der Waals surface area contributed by atoms with Crippen molar-refractivity contribution in [1.82, 2.24) is 5.32 Å². The van der Waals surface area contributed by atoms with Crippen LogP contribution in [0, 0.1) is 12.8 Å². The molecule has 1 aromatic carbocycles. The first-order chi connectivity index (χ1) is 7.65. The lowest BCUT2D eigenvalue weighted by atomic mass is 10.1. The Hall–Kier alpha value is -1.31. The molecule has 88 valence electrons. The van der Waals surface area contributed by atoms with Gasteiger partial charge in [-0.2, -0.15) is 0 Å². The third-order valence-electron chi connectivity index (χ3n) is 3.01. The number of benzene rings is 1. The Bertz CT molecular complexity index is 346. The third-order valence-corrected chi connectivity index (χ3v) is 3.01. The Morgan fingerprint density at radius 2 is 2.06 bits per heavy atom. The van der Waals surface area contributed by atoms with Crippen molar-refractivity contribution in [1.29, 1.82) is 0 Å². The van der Waals surface area contributed by atoms with Gasteiger partial charge in [-0.25, -0.2) is 0 Å². The summed E-state index contributed by atoms with van der Waals surface area (Å²) in [5, 5.41) is 2.97. The highest BCUT2D eigenvalue weighted by Crippen LogP contribution is 2.07. The fourth-order valence-corrected chi connectivity index (χ4v) is 1.57. The second kappa shape index (κ2) is 6.31. The van der Waals surface area contributed by atoms with Crippen molar-refractivity contribution >= 4 is 5.91 Å². The van der Waals surface area contributed by atoms with E-state index in [9.17, 15) is 4.79 Å². The van der Waals surface area contributed by atoms with Crippen molar-refractivity contribution in [3.05, 3.63) is 35.4 Å². The molecule has 1 N–H and O–H groups in total. The van der Waals surface area contributed by atoms with Gasteiger partial charge in [0.2, 0.25) is 5.91 Å². The molecule has 0 saturated heterocycles. The van der Waals surface area contributed by atoms with Gasteiger partial charge in [-0.05, 0) is 30.9 Å². The molecule has 2 heteroatoms. The molecule has 1 rings (SSSR count). The minimum absolute atomic E-state index is 0.122. The number of hydrogen-bond acceptors (Lipinski definition) is 1. The van der Waals surface area contributed by atoms with Crippen LogP contribution in [0.25, 0.3) is 0 Å². The third kappa shape index (κ3) is 3.69. The summed E-state index contributed by atoms with van der Waals surface area (Å²) in [4.78, 5) is 11.5. The number of carbonyl (C=O) groups is 1. The van der Waals surface area contributed by atoms with Gasteiger partial charge in [-0.3, -0.25) is 4.79 Å². The average molecular weight is 219 g/mol. The molecule has 2 nitrogen and oxygen atoms in total. The molecule has 0 radical (unpaired) electrons. The molecule has 0 fully saturated rings. The molecule has 0 spiro atoms. The van der Waals surface area contributed by atoms with Crippen molar-refractivity contribution in [3.63, 3.8) is 0 Å². The number of carbonyl (C=O) groups excluding carboxylic acids is 1. The number of rotatable bonds is 5. The van der Waals surface area contributed by atoms with E-state index in [1.165, 1.54) is 11.1 Å². The smallest absolute Gasteiger partial charge is 0.222 e. The highest BCUT2D eigenvalue weighted by Gasteiger charge is 2.09. The molecule has 0 aliphatic carbocycles. The first kappa shape index (κ1) is 12.8. The standard InChI is InChI=1S/C14H21NO/c1-4-11(2)14(16)15-10-9-13-8-6-5-7-12(13)3/h5-8,11H,4,9-10H2,1-3H3,(H,15,16)/t11-/m1/s1. The molecule has 16 heavy (non-hydrogen) atoms. The summed E-state index contributed by atoms with van der Waals surface area (Å²) in [5.41, 5.74) is 2.60. The Morgan fingerprint density at radius 1 is 1.38 bits per heavy atom. The van der Waals surface area contributed by atoms with Crippen LogP contribution in [0.4, 0.5) is 0 Å². The maximum absolute atomic E-state index is 11.5. The molecule has 0 unspecified atom stereocenters. The van der Waals surface area contributed by atoms with E-state index in [-0.39, 0.29) is 11.8 Å². The number of nitrogens with one attached hydrogen (secondary N) is 1.